The molecule has 0 fully saturated rings. The molecular weight excluding hydrogens is 166 g/mol. The van der Waals surface area contributed by atoms with Gasteiger partial charge < -0.3 is 9.36 Å². The third-order valence-electron chi connectivity index (χ3n) is 1.74. The lowest BCUT2D eigenvalue weighted by atomic mass is 10.2. The molecule has 0 bridgehead atoms. The van der Waals surface area contributed by atoms with Crippen LogP contribution < -0.4 is 0 Å². The Bertz CT molecular complexity index is 268. The van der Waals surface area contributed by atoms with Crippen LogP contribution in [0.5, 0.6) is 0 Å². The number of hydrogen-bond donors (Lipinski definition) is 0. The summed E-state index contributed by atoms with van der Waals surface area (Å²) >= 11 is 0. The molecule has 1 heterocycles. The average molecular weight is 181 g/mol. The highest BCUT2D eigenvalue weighted by atomic mass is 16.1. The highest BCUT2D eigenvalue weighted by Crippen LogP contribution is 2.03. The normalized spacial score (nSPS) is 10.7. The van der Waals surface area contributed by atoms with Gasteiger partial charge in [0, 0.05) is 19.4 Å². The molecule has 72 valence electrons. The minimum Gasteiger partial charge on any atom is -0.317 e. The van der Waals surface area contributed by atoms with Crippen LogP contribution in [0.3, 0.4) is 0 Å². The SMILES string of the molecule is CC(C)Cn1cnnc1CCC=O. The first-order valence-corrected chi connectivity index (χ1v) is 4.54. The summed E-state index contributed by atoms with van der Waals surface area (Å²) in [7, 11) is 0. The van der Waals surface area contributed by atoms with Gasteiger partial charge in [-0.3, -0.25) is 0 Å². The van der Waals surface area contributed by atoms with Gasteiger partial charge in [0.25, 0.3) is 0 Å². The molecule has 0 radical (unpaired) electrons. The molecule has 0 aromatic carbocycles. The van der Waals surface area contributed by atoms with Gasteiger partial charge in [0.05, 0.1) is 0 Å². The fourth-order valence-electron chi connectivity index (χ4n) is 1.21. The fraction of sp³-hybridized carbons (Fsp3) is 0.667. The second-order valence-electron chi connectivity index (χ2n) is 3.50. The first-order chi connectivity index (χ1) is 6.24. The van der Waals surface area contributed by atoms with Crippen molar-refractivity contribution < 1.29 is 4.79 Å². The van der Waals surface area contributed by atoms with E-state index in [0.717, 1.165) is 18.7 Å². The third-order valence-corrected chi connectivity index (χ3v) is 1.74. The van der Waals surface area contributed by atoms with Crippen molar-refractivity contribution in [1.29, 1.82) is 0 Å². The van der Waals surface area contributed by atoms with E-state index in [-0.39, 0.29) is 0 Å². The van der Waals surface area contributed by atoms with Crippen molar-refractivity contribution in [1.82, 2.24) is 14.8 Å². The van der Waals surface area contributed by atoms with E-state index in [4.69, 9.17) is 0 Å². The van der Waals surface area contributed by atoms with Gasteiger partial charge in [0.1, 0.15) is 18.4 Å². The molecule has 0 spiro atoms. The van der Waals surface area contributed by atoms with Crippen LogP contribution in [0, 0.1) is 5.92 Å². The Morgan fingerprint density at radius 1 is 1.62 bits per heavy atom. The van der Waals surface area contributed by atoms with Crippen molar-refractivity contribution >= 4 is 6.29 Å². The van der Waals surface area contributed by atoms with Gasteiger partial charge in [-0.15, -0.1) is 10.2 Å². The van der Waals surface area contributed by atoms with Crippen LogP contribution in [0.4, 0.5) is 0 Å². The van der Waals surface area contributed by atoms with Gasteiger partial charge in [-0.1, -0.05) is 13.8 Å². The van der Waals surface area contributed by atoms with E-state index < -0.39 is 0 Å². The van der Waals surface area contributed by atoms with Crippen molar-refractivity contribution in [3.05, 3.63) is 12.2 Å². The Balaban J connectivity index is 2.59. The first kappa shape index (κ1) is 9.89. The molecule has 4 nitrogen and oxygen atoms in total. The molecule has 0 atom stereocenters. The molecule has 0 aliphatic rings. The summed E-state index contributed by atoms with van der Waals surface area (Å²) in [5.74, 6) is 1.48. The fourth-order valence-corrected chi connectivity index (χ4v) is 1.21. The molecule has 4 heteroatoms. The zero-order chi connectivity index (χ0) is 9.68. The van der Waals surface area contributed by atoms with Crippen molar-refractivity contribution in [3.8, 4) is 0 Å². The van der Waals surface area contributed by atoms with Gasteiger partial charge in [-0.05, 0) is 5.92 Å². The minimum absolute atomic E-state index is 0.525. The smallest absolute Gasteiger partial charge is 0.133 e. The first-order valence-electron chi connectivity index (χ1n) is 4.54. The molecule has 0 N–H and O–H groups in total. The largest absolute Gasteiger partial charge is 0.317 e. The molecule has 0 aliphatic heterocycles. The predicted octanol–water partition coefficient (Wildman–Crippen LogP) is 1.07. The second kappa shape index (κ2) is 4.74. The standard InChI is InChI=1S/C9H15N3O/c1-8(2)6-12-7-10-11-9(12)4-3-5-13/h5,7-8H,3-4,6H2,1-2H3. The molecular formula is C9H15N3O. The van der Waals surface area contributed by atoms with E-state index in [1.54, 1.807) is 6.33 Å². The number of aryl methyl sites for hydroxylation is 1. The second-order valence-corrected chi connectivity index (χ2v) is 3.50. The summed E-state index contributed by atoms with van der Waals surface area (Å²) in [5, 5.41) is 7.79. The molecule has 13 heavy (non-hydrogen) atoms. The van der Waals surface area contributed by atoms with Crippen molar-refractivity contribution in [2.75, 3.05) is 0 Å². The van der Waals surface area contributed by atoms with Crippen LogP contribution in [-0.2, 0) is 17.8 Å². The van der Waals surface area contributed by atoms with Crippen LogP contribution >= 0.6 is 0 Å². The summed E-state index contributed by atoms with van der Waals surface area (Å²) in [4.78, 5) is 10.2. The molecule has 0 aliphatic carbocycles. The number of aldehydes is 1. The Kier molecular flexibility index (Phi) is 3.61. The number of carbonyl (C=O) groups excluding carboxylic acids is 1. The maximum absolute atomic E-state index is 10.2. The van der Waals surface area contributed by atoms with Crippen LogP contribution in [0.1, 0.15) is 26.1 Å². The van der Waals surface area contributed by atoms with E-state index in [9.17, 15) is 4.79 Å². The van der Waals surface area contributed by atoms with Crippen molar-refractivity contribution in [3.63, 3.8) is 0 Å². The maximum Gasteiger partial charge on any atom is 0.133 e. The minimum atomic E-state index is 0.525. The van der Waals surface area contributed by atoms with Crippen LogP contribution in [-0.4, -0.2) is 21.1 Å². The van der Waals surface area contributed by atoms with Crippen LogP contribution in [0.25, 0.3) is 0 Å². The van der Waals surface area contributed by atoms with Gasteiger partial charge in [0.2, 0.25) is 0 Å². The lowest BCUT2D eigenvalue weighted by Gasteiger charge is -2.07. The molecule has 0 saturated carbocycles. The van der Waals surface area contributed by atoms with Crippen LogP contribution in [0.2, 0.25) is 0 Å². The molecule has 1 aromatic heterocycles. The molecule has 1 rings (SSSR count). The van der Waals surface area contributed by atoms with Gasteiger partial charge in [-0.25, -0.2) is 0 Å². The van der Waals surface area contributed by atoms with Gasteiger partial charge in [0.15, 0.2) is 0 Å². The Labute approximate surface area is 78.0 Å². The zero-order valence-electron chi connectivity index (χ0n) is 8.10. The maximum atomic E-state index is 10.2. The topological polar surface area (TPSA) is 47.8 Å². The van der Waals surface area contributed by atoms with Gasteiger partial charge >= 0.3 is 0 Å². The summed E-state index contributed by atoms with van der Waals surface area (Å²) in [6.45, 7) is 5.20. The molecule has 0 saturated heterocycles. The number of aromatic nitrogens is 3. The number of rotatable bonds is 5. The lowest BCUT2D eigenvalue weighted by molar-refractivity contribution is -0.107. The Morgan fingerprint density at radius 3 is 3.00 bits per heavy atom. The third kappa shape index (κ3) is 2.97. The molecule has 0 amide bonds. The van der Waals surface area contributed by atoms with E-state index in [2.05, 4.69) is 24.0 Å². The Hall–Kier alpha value is -1.19. The Morgan fingerprint density at radius 2 is 2.38 bits per heavy atom. The number of carbonyl (C=O) groups is 1. The monoisotopic (exact) mass is 181 g/mol. The summed E-state index contributed by atoms with van der Waals surface area (Å²) in [6.07, 6.45) is 3.85. The van der Waals surface area contributed by atoms with E-state index in [1.165, 1.54) is 0 Å². The summed E-state index contributed by atoms with van der Waals surface area (Å²) in [5.41, 5.74) is 0. The van der Waals surface area contributed by atoms with Crippen molar-refractivity contribution in [2.24, 2.45) is 5.92 Å². The molecule has 1 aromatic rings. The predicted molar refractivity (Wildman–Crippen MR) is 49.2 cm³/mol. The highest BCUT2D eigenvalue weighted by Gasteiger charge is 2.04. The lowest BCUT2D eigenvalue weighted by Crippen LogP contribution is -2.07. The van der Waals surface area contributed by atoms with Crippen molar-refractivity contribution in [2.45, 2.75) is 33.2 Å². The highest BCUT2D eigenvalue weighted by molar-refractivity contribution is 5.49. The molecule has 0 unspecified atom stereocenters. The van der Waals surface area contributed by atoms with Crippen LogP contribution in [0.15, 0.2) is 6.33 Å². The summed E-state index contributed by atoms with van der Waals surface area (Å²) < 4.78 is 2.01. The quantitative estimate of drug-likeness (QED) is 0.638. The van der Waals surface area contributed by atoms with E-state index in [0.29, 0.717) is 18.8 Å². The van der Waals surface area contributed by atoms with Gasteiger partial charge in [-0.2, -0.15) is 0 Å². The average Bonchev–Trinajstić information content (AvgIpc) is 2.48. The number of hydrogen-bond acceptors (Lipinski definition) is 3. The number of nitrogens with zero attached hydrogens (tertiary/aromatic N) is 3. The van der Waals surface area contributed by atoms with E-state index >= 15 is 0 Å². The summed E-state index contributed by atoms with van der Waals surface area (Å²) in [6, 6.07) is 0. The van der Waals surface area contributed by atoms with E-state index in [1.807, 2.05) is 4.57 Å². The zero-order valence-corrected chi connectivity index (χ0v) is 8.10.